The van der Waals surface area contributed by atoms with Crippen LogP contribution in [0.4, 0.5) is 0 Å². The molecule has 1 rings (SSSR count). The first-order valence-electron chi connectivity index (χ1n) is 6.17. The van der Waals surface area contributed by atoms with E-state index in [1.807, 2.05) is 24.3 Å². The van der Waals surface area contributed by atoms with E-state index in [0.29, 0.717) is 5.88 Å². The molecule has 0 amide bonds. The van der Waals surface area contributed by atoms with Crippen LogP contribution in [-0.4, -0.2) is 14.2 Å². The van der Waals surface area contributed by atoms with Crippen LogP contribution in [0, 0.1) is 0 Å². The summed E-state index contributed by atoms with van der Waals surface area (Å²) < 4.78 is 6.34. The molecule has 4 heteroatoms. The summed E-state index contributed by atoms with van der Waals surface area (Å²) >= 11 is 12.3. The molecule has 18 heavy (non-hydrogen) atoms. The fourth-order valence-corrected chi connectivity index (χ4v) is 3.31. The molecule has 0 saturated carbocycles. The molecule has 0 heterocycles. The Hall–Kier alpha value is -0.0231. The van der Waals surface area contributed by atoms with Crippen molar-refractivity contribution in [2.75, 3.05) is 5.88 Å². The lowest BCUT2D eigenvalue weighted by Gasteiger charge is -2.39. The third kappa shape index (κ3) is 3.73. The maximum absolute atomic E-state index is 6.34. The lowest BCUT2D eigenvalue weighted by atomic mass is 10.1. The molecule has 1 aromatic carbocycles. The van der Waals surface area contributed by atoms with Crippen LogP contribution in [0.15, 0.2) is 24.3 Å². The van der Waals surface area contributed by atoms with Crippen LogP contribution in [0.1, 0.15) is 32.4 Å². The molecular formula is C14H22Cl2OSi. The van der Waals surface area contributed by atoms with Crippen LogP contribution in [0.25, 0.3) is 0 Å². The molecule has 0 fully saturated rings. The number of alkyl halides is 1. The molecular weight excluding hydrogens is 283 g/mol. The Morgan fingerprint density at radius 2 is 1.78 bits per heavy atom. The van der Waals surface area contributed by atoms with Gasteiger partial charge in [-0.05, 0) is 29.8 Å². The van der Waals surface area contributed by atoms with E-state index in [4.69, 9.17) is 27.6 Å². The molecule has 0 aromatic heterocycles. The standard InChI is InChI=1S/C14H22Cl2OSi/c1-14(2,3)18(4,5)17-13(10-15)11-8-6-7-9-12(11)16/h6-9,13H,10H2,1-5H3. The summed E-state index contributed by atoms with van der Waals surface area (Å²) in [6, 6.07) is 7.76. The predicted octanol–water partition coefficient (Wildman–Crippen LogP) is 5.64. The first kappa shape index (κ1) is 16.0. The lowest BCUT2D eigenvalue weighted by Crippen LogP contribution is -2.42. The van der Waals surface area contributed by atoms with Gasteiger partial charge in [-0.15, -0.1) is 11.6 Å². The number of halogens is 2. The minimum absolute atomic E-state index is 0.124. The van der Waals surface area contributed by atoms with E-state index in [0.717, 1.165) is 10.6 Å². The summed E-state index contributed by atoms with van der Waals surface area (Å²) in [4.78, 5) is 0. The third-order valence-corrected chi connectivity index (χ3v) is 8.75. The fraction of sp³-hybridized carbons (Fsp3) is 0.571. The Balaban J connectivity index is 2.97. The van der Waals surface area contributed by atoms with Gasteiger partial charge in [-0.2, -0.15) is 0 Å². The second-order valence-corrected chi connectivity index (χ2v) is 11.5. The second-order valence-electron chi connectivity index (χ2n) is 6.04. The first-order chi connectivity index (χ1) is 8.19. The maximum Gasteiger partial charge on any atom is 0.192 e. The minimum atomic E-state index is -1.84. The van der Waals surface area contributed by atoms with Gasteiger partial charge in [-0.1, -0.05) is 50.6 Å². The van der Waals surface area contributed by atoms with Gasteiger partial charge in [0.25, 0.3) is 0 Å². The monoisotopic (exact) mass is 304 g/mol. The van der Waals surface area contributed by atoms with Gasteiger partial charge in [0.05, 0.1) is 12.0 Å². The van der Waals surface area contributed by atoms with Gasteiger partial charge >= 0.3 is 0 Å². The molecule has 0 spiro atoms. The Kier molecular flexibility index (Phi) is 5.30. The van der Waals surface area contributed by atoms with Crippen molar-refractivity contribution in [2.45, 2.75) is 45.0 Å². The smallest absolute Gasteiger partial charge is 0.192 e. The van der Waals surface area contributed by atoms with Gasteiger partial charge in [-0.3, -0.25) is 0 Å². The largest absolute Gasteiger partial charge is 0.409 e. The van der Waals surface area contributed by atoms with Gasteiger partial charge in [0.2, 0.25) is 0 Å². The van der Waals surface area contributed by atoms with Gasteiger partial charge in [0.15, 0.2) is 8.32 Å². The third-order valence-electron chi connectivity index (χ3n) is 3.64. The van der Waals surface area contributed by atoms with Crippen molar-refractivity contribution in [3.63, 3.8) is 0 Å². The molecule has 1 atom stereocenters. The topological polar surface area (TPSA) is 9.23 Å². The molecule has 0 radical (unpaired) electrons. The quantitative estimate of drug-likeness (QED) is 0.516. The van der Waals surface area contributed by atoms with Gasteiger partial charge in [0, 0.05) is 5.02 Å². The summed E-state index contributed by atoms with van der Waals surface area (Å²) in [5.74, 6) is 0.427. The van der Waals surface area contributed by atoms with Crippen molar-refractivity contribution < 1.29 is 4.43 Å². The zero-order valence-electron chi connectivity index (χ0n) is 11.8. The predicted molar refractivity (Wildman–Crippen MR) is 83.2 cm³/mol. The summed E-state index contributed by atoms with van der Waals surface area (Å²) in [6.45, 7) is 11.1. The van der Waals surface area contributed by atoms with E-state index >= 15 is 0 Å². The molecule has 0 aliphatic rings. The SMILES string of the molecule is CC(C)(C)[Si](C)(C)OC(CCl)c1ccccc1Cl. The number of rotatable bonds is 4. The molecule has 0 bridgehead atoms. The number of hydrogen-bond acceptors (Lipinski definition) is 1. The zero-order chi connectivity index (χ0) is 14.0. The van der Waals surface area contributed by atoms with E-state index in [1.165, 1.54) is 0 Å². The summed E-state index contributed by atoms with van der Waals surface area (Å²) in [5, 5.41) is 0.889. The van der Waals surface area contributed by atoms with E-state index in [2.05, 4.69) is 33.9 Å². The van der Waals surface area contributed by atoms with Crippen LogP contribution < -0.4 is 0 Å². The zero-order valence-corrected chi connectivity index (χ0v) is 14.3. The van der Waals surface area contributed by atoms with Crippen LogP contribution in [0.5, 0.6) is 0 Å². The van der Waals surface area contributed by atoms with E-state index < -0.39 is 8.32 Å². The first-order valence-corrected chi connectivity index (χ1v) is 9.99. The molecule has 0 aliphatic carbocycles. The molecule has 0 aliphatic heterocycles. The van der Waals surface area contributed by atoms with Gasteiger partial charge < -0.3 is 4.43 Å². The average Bonchev–Trinajstić information content (AvgIpc) is 2.25. The molecule has 0 N–H and O–H groups in total. The van der Waals surface area contributed by atoms with Crippen molar-refractivity contribution >= 4 is 31.5 Å². The van der Waals surface area contributed by atoms with E-state index in [-0.39, 0.29) is 11.1 Å². The maximum atomic E-state index is 6.34. The highest BCUT2D eigenvalue weighted by Gasteiger charge is 2.39. The van der Waals surface area contributed by atoms with Crippen LogP contribution in [-0.2, 0) is 4.43 Å². The average molecular weight is 305 g/mol. The fourth-order valence-electron chi connectivity index (χ4n) is 1.45. The number of benzene rings is 1. The molecule has 1 unspecified atom stereocenters. The highest BCUT2D eigenvalue weighted by molar-refractivity contribution is 6.74. The Morgan fingerprint density at radius 3 is 2.22 bits per heavy atom. The Labute approximate surface area is 122 Å². The lowest BCUT2D eigenvalue weighted by molar-refractivity contribution is 0.206. The normalized spacial score (nSPS) is 14.6. The van der Waals surface area contributed by atoms with Crippen molar-refractivity contribution in [1.82, 2.24) is 0 Å². The summed E-state index contributed by atoms with van der Waals surface area (Å²) in [5.41, 5.74) is 0.985. The highest BCUT2D eigenvalue weighted by Crippen LogP contribution is 2.40. The Bertz CT molecular complexity index is 399. The van der Waals surface area contributed by atoms with E-state index in [1.54, 1.807) is 0 Å². The molecule has 1 nitrogen and oxygen atoms in total. The van der Waals surface area contributed by atoms with Crippen LogP contribution >= 0.6 is 23.2 Å². The van der Waals surface area contributed by atoms with Crippen molar-refractivity contribution in [2.24, 2.45) is 0 Å². The van der Waals surface area contributed by atoms with Crippen LogP contribution in [0.2, 0.25) is 23.2 Å². The van der Waals surface area contributed by atoms with Gasteiger partial charge in [-0.25, -0.2) is 0 Å². The van der Waals surface area contributed by atoms with Crippen molar-refractivity contribution in [1.29, 1.82) is 0 Å². The van der Waals surface area contributed by atoms with Crippen molar-refractivity contribution in [3.05, 3.63) is 34.9 Å². The summed E-state index contributed by atoms with van der Waals surface area (Å²) in [6.07, 6.45) is -0.124. The number of hydrogen-bond donors (Lipinski definition) is 0. The summed E-state index contributed by atoms with van der Waals surface area (Å²) in [7, 11) is -1.84. The molecule has 1 aromatic rings. The van der Waals surface area contributed by atoms with Gasteiger partial charge in [0.1, 0.15) is 0 Å². The highest BCUT2D eigenvalue weighted by atomic mass is 35.5. The molecule has 102 valence electrons. The van der Waals surface area contributed by atoms with E-state index in [9.17, 15) is 0 Å². The minimum Gasteiger partial charge on any atom is -0.409 e. The Morgan fingerprint density at radius 1 is 1.22 bits per heavy atom. The molecule has 0 saturated heterocycles. The van der Waals surface area contributed by atoms with Crippen LogP contribution in [0.3, 0.4) is 0 Å². The van der Waals surface area contributed by atoms with Crippen molar-refractivity contribution in [3.8, 4) is 0 Å². The second kappa shape index (κ2) is 5.95.